The van der Waals surface area contributed by atoms with Gasteiger partial charge < -0.3 is 9.64 Å². The molecule has 0 atom stereocenters. The monoisotopic (exact) mass is 411 g/mol. The zero-order valence-electron chi connectivity index (χ0n) is 17.4. The van der Waals surface area contributed by atoms with E-state index >= 15 is 0 Å². The largest absolute Gasteiger partial charge is 0.497 e. The number of ether oxygens (including phenoxy) is 1. The summed E-state index contributed by atoms with van der Waals surface area (Å²) in [6.45, 7) is 8.45. The molecule has 7 heteroatoms. The fourth-order valence-electron chi connectivity index (χ4n) is 3.67. The second-order valence-electron chi connectivity index (χ2n) is 6.82. The second kappa shape index (κ2) is 8.21. The first-order valence-electron chi connectivity index (χ1n) is 9.56. The smallest absolute Gasteiger partial charge is 0.266 e. The minimum atomic E-state index is -0.340. The second-order valence-corrected chi connectivity index (χ2v) is 7.18. The highest BCUT2D eigenvalue weighted by Gasteiger charge is 2.39. The van der Waals surface area contributed by atoms with Gasteiger partial charge in [0.05, 0.1) is 7.11 Å². The van der Waals surface area contributed by atoms with Gasteiger partial charge in [-0.25, -0.2) is 0 Å². The summed E-state index contributed by atoms with van der Waals surface area (Å²) in [6.07, 6.45) is 3.75. The highest BCUT2D eigenvalue weighted by molar-refractivity contribution is 7.80. The molecule has 2 aliphatic rings. The van der Waals surface area contributed by atoms with E-state index in [2.05, 4.69) is 4.90 Å². The molecule has 2 heterocycles. The number of rotatable bonds is 4. The lowest BCUT2D eigenvalue weighted by molar-refractivity contribution is -0.133. The Kier molecular flexibility index (Phi) is 5.88. The van der Waals surface area contributed by atoms with Crippen LogP contribution in [0.1, 0.15) is 27.7 Å². The van der Waals surface area contributed by atoms with Crippen molar-refractivity contribution in [2.45, 2.75) is 27.7 Å². The Balaban J connectivity index is 2.06. The molecule has 0 aliphatic carbocycles. The van der Waals surface area contributed by atoms with Crippen molar-refractivity contribution in [3.05, 3.63) is 59.0 Å². The van der Waals surface area contributed by atoms with Crippen molar-refractivity contribution in [1.29, 1.82) is 0 Å². The number of nitrogens with zero attached hydrogens (tertiary/aromatic N) is 3. The number of likely N-dealkylation sites (N-methyl/N-ethyl adjacent to an activating group) is 2. The van der Waals surface area contributed by atoms with Crippen LogP contribution < -0.4 is 9.64 Å². The van der Waals surface area contributed by atoms with Crippen LogP contribution in [-0.4, -0.2) is 46.9 Å². The van der Waals surface area contributed by atoms with Crippen molar-refractivity contribution in [2.75, 3.05) is 25.1 Å². The summed E-state index contributed by atoms with van der Waals surface area (Å²) in [5.41, 5.74) is 3.58. The maximum absolute atomic E-state index is 13.0. The fourth-order valence-corrected chi connectivity index (χ4v) is 4.09. The summed E-state index contributed by atoms with van der Waals surface area (Å²) in [7, 11) is 1.63. The summed E-state index contributed by atoms with van der Waals surface area (Å²) in [4.78, 5) is 31.1. The van der Waals surface area contributed by atoms with Gasteiger partial charge >= 0.3 is 0 Å². The van der Waals surface area contributed by atoms with Gasteiger partial charge in [-0.05, 0) is 81.9 Å². The van der Waals surface area contributed by atoms with Crippen molar-refractivity contribution >= 4 is 34.8 Å². The van der Waals surface area contributed by atoms with Gasteiger partial charge in [0.1, 0.15) is 11.3 Å². The fraction of sp³-hybridized carbons (Fsp3) is 0.318. The summed E-state index contributed by atoms with van der Waals surface area (Å²) in [5, 5.41) is 0.270. The van der Waals surface area contributed by atoms with Crippen LogP contribution in [-0.2, 0) is 9.59 Å². The Bertz CT molecular complexity index is 910. The number of thiocarbonyl (C=S) groups is 1. The Morgan fingerprint density at radius 1 is 0.897 bits per heavy atom. The normalized spacial score (nSPS) is 17.7. The maximum atomic E-state index is 13.0. The molecular weight excluding hydrogens is 386 g/mol. The predicted molar refractivity (Wildman–Crippen MR) is 117 cm³/mol. The summed E-state index contributed by atoms with van der Waals surface area (Å²) in [5.74, 6) is 0.104. The van der Waals surface area contributed by atoms with E-state index in [-0.39, 0.29) is 22.5 Å². The minimum Gasteiger partial charge on any atom is -0.497 e. The van der Waals surface area contributed by atoms with Crippen LogP contribution >= 0.6 is 12.2 Å². The quantitative estimate of drug-likeness (QED) is 0.430. The van der Waals surface area contributed by atoms with Crippen LogP contribution in [0.4, 0.5) is 5.69 Å². The molecule has 0 saturated carbocycles. The number of carbonyl (C=O) groups excluding carboxylic acids is 2. The van der Waals surface area contributed by atoms with Crippen molar-refractivity contribution in [3.8, 4) is 5.75 Å². The van der Waals surface area contributed by atoms with Gasteiger partial charge in [0.2, 0.25) is 0 Å². The van der Waals surface area contributed by atoms with E-state index in [1.807, 2.05) is 64.1 Å². The zero-order valence-corrected chi connectivity index (χ0v) is 18.2. The third-order valence-electron chi connectivity index (χ3n) is 5.07. The van der Waals surface area contributed by atoms with Crippen LogP contribution in [0.5, 0.6) is 5.75 Å². The van der Waals surface area contributed by atoms with Gasteiger partial charge in [0.25, 0.3) is 11.8 Å². The first-order chi connectivity index (χ1) is 13.8. The average molecular weight is 412 g/mol. The van der Waals surface area contributed by atoms with Crippen molar-refractivity contribution in [2.24, 2.45) is 0 Å². The molecule has 1 aromatic rings. The van der Waals surface area contributed by atoms with Crippen LogP contribution in [0.3, 0.4) is 0 Å². The molecule has 2 amide bonds. The highest BCUT2D eigenvalue weighted by Crippen LogP contribution is 2.33. The molecule has 0 radical (unpaired) electrons. The molecule has 1 saturated heterocycles. The third-order valence-corrected chi connectivity index (χ3v) is 5.51. The summed E-state index contributed by atoms with van der Waals surface area (Å²) >= 11 is 5.34. The molecule has 1 fully saturated rings. The lowest BCUT2D eigenvalue weighted by atomic mass is 9.98. The van der Waals surface area contributed by atoms with Crippen molar-refractivity contribution in [1.82, 2.24) is 9.80 Å². The van der Waals surface area contributed by atoms with E-state index in [1.165, 1.54) is 9.80 Å². The molecular formula is C22H25N3O3S. The highest BCUT2D eigenvalue weighted by atomic mass is 32.1. The summed E-state index contributed by atoms with van der Waals surface area (Å²) in [6, 6.07) is 7.74. The van der Waals surface area contributed by atoms with Gasteiger partial charge in [-0.1, -0.05) is 0 Å². The standard InChI is InChI=1S/C22H25N3O3S/c1-6-23-20(26)19(21(27)24(7-2)22(23)29)16-12-14(3)25(15(4)13-16)17-8-10-18(28-5)11-9-17/h8-13H,6-7H2,1-5H3. The predicted octanol–water partition coefficient (Wildman–Crippen LogP) is 3.61. The molecule has 1 aromatic carbocycles. The average Bonchev–Trinajstić information content (AvgIpc) is 2.68. The van der Waals surface area contributed by atoms with Crippen molar-refractivity contribution < 1.29 is 14.3 Å². The van der Waals surface area contributed by atoms with E-state index < -0.39 is 0 Å². The van der Waals surface area contributed by atoms with E-state index in [9.17, 15) is 9.59 Å². The van der Waals surface area contributed by atoms with Gasteiger partial charge in [-0.15, -0.1) is 0 Å². The molecule has 0 bridgehead atoms. The number of benzene rings is 1. The maximum Gasteiger partial charge on any atom is 0.266 e. The van der Waals surface area contributed by atoms with Crippen LogP contribution in [0, 0.1) is 0 Å². The number of hydrogen-bond acceptors (Lipinski definition) is 5. The van der Waals surface area contributed by atoms with E-state index in [0.717, 1.165) is 22.8 Å². The van der Waals surface area contributed by atoms with E-state index in [4.69, 9.17) is 17.0 Å². The van der Waals surface area contributed by atoms with Crippen LogP contribution in [0.2, 0.25) is 0 Å². The Hall–Kier alpha value is -2.93. The molecule has 6 nitrogen and oxygen atoms in total. The Labute approximate surface area is 176 Å². The lowest BCUT2D eigenvalue weighted by Gasteiger charge is -2.37. The first-order valence-corrected chi connectivity index (χ1v) is 9.97. The van der Waals surface area contributed by atoms with Gasteiger partial charge in [-0.3, -0.25) is 19.4 Å². The molecule has 0 spiro atoms. The number of methoxy groups -OCH3 is 1. The SMILES string of the molecule is CCN1C(=O)C(=C2C=C(C)N(c3ccc(OC)cc3)C(C)=C2)C(=O)N(CC)C1=S. The molecule has 152 valence electrons. The molecule has 0 N–H and O–H groups in total. The molecule has 0 unspecified atom stereocenters. The first kappa shape index (κ1) is 20.8. The van der Waals surface area contributed by atoms with E-state index in [1.54, 1.807) is 7.11 Å². The molecule has 3 rings (SSSR count). The molecule has 29 heavy (non-hydrogen) atoms. The summed E-state index contributed by atoms with van der Waals surface area (Å²) < 4.78 is 5.23. The molecule has 0 aromatic heterocycles. The van der Waals surface area contributed by atoms with Crippen molar-refractivity contribution in [3.63, 3.8) is 0 Å². The minimum absolute atomic E-state index is 0.162. The van der Waals surface area contributed by atoms with Crippen LogP contribution in [0.25, 0.3) is 0 Å². The van der Waals surface area contributed by atoms with Gasteiger partial charge in [0, 0.05) is 30.2 Å². The Morgan fingerprint density at radius 3 is 1.79 bits per heavy atom. The van der Waals surface area contributed by atoms with E-state index in [0.29, 0.717) is 18.7 Å². The van der Waals surface area contributed by atoms with Gasteiger partial charge in [0.15, 0.2) is 5.11 Å². The van der Waals surface area contributed by atoms with Gasteiger partial charge in [-0.2, -0.15) is 0 Å². The number of allylic oxidation sites excluding steroid dienone is 5. The van der Waals surface area contributed by atoms with Crippen LogP contribution in [0.15, 0.2) is 59.0 Å². The third kappa shape index (κ3) is 3.58. The topological polar surface area (TPSA) is 53.1 Å². The number of amides is 2. The Morgan fingerprint density at radius 2 is 1.38 bits per heavy atom. The lowest BCUT2D eigenvalue weighted by Crippen LogP contribution is -2.56. The molecule has 2 aliphatic heterocycles. The number of hydrogen-bond donors (Lipinski definition) is 0. The number of carbonyl (C=O) groups is 2. The number of anilines is 1. The zero-order chi connectivity index (χ0) is 21.3.